The fraction of sp³-hybridized carbons (Fsp3) is 0.800. The average Bonchev–Trinajstić information content (AvgIpc) is 3.05. The highest BCUT2D eigenvalue weighted by molar-refractivity contribution is 6.31. The molecule has 2 saturated carbocycles. The van der Waals surface area contributed by atoms with Crippen molar-refractivity contribution in [2.24, 2.45) is 11.8 Å². The van der Waals surface area contributed by atoms with E-state index in [2.05, 4.69) is 0 Å². The number of rotatable bonds is 3. The maximum Gasteiger partial charge on any atom is 0.420 e. The van der Waals surface area contributed by atoms with Gasteiger partial charge in [0.1, 0.15) is 5.60 Å². The molecule has 1 heterocycles. The molecule has 3 aliphatic rings. The van der Waals surface area contributed by atoms with E-state index in [1.54, 1.807) is 0 Å². The fourth-order valence-corrected chi connectivity index (χ4v) is 2.31. The predicted molar refractivity (Wildman–Crippen MR) is 46.4 cm³/mol. The summed E-state index contributed by atoms with van der Waals surface area (Å²) in [5.74, 6) is -1.73. The number of carbonyl (C=O) groups excluding carboxylic acids is 2. The second-order valence-corrected chi connectivity index (χ2v) is 4.58. The summed E-state index contributed by atoms with van der Waals surface area (Å²) in [5, 5.41) is 10.5. The minimum absolute atomic E-state index is 0.119. The molecule has 3 fully saturated rings. The van der Waals surface area contributed by atoms with E-state index in [1.165, 1.54) is 0 Å². The highest BCUT2D eigenvalue weighted by atomic mass is 16.8. The third kappa shape index (κ3) is 1.26. The van der Waals surface area contributed by atoms with Crippen LogP contribution in [0.1, 0.15) is 25.7 Å². The zero-order valence-electron chi connectivity index (χ0n) is 8.14. The van der Waals surface area contributed by atoms with Gasteiger partial charge < -0.3 is 14.6 Å². The Labute approximate surface area is 86.4 Å². The molecule has 0 aromatic rings. The number of ether oxygens (including phenoxy) is 2. The second kappa shape index (κ2) is 2.72. The Hall–Kier alpha value is -1.10. The molecular weight excluding hydrogens is 200 g/mol. The lowest BCUT2D eigenvalue weighted by atomic mass is 9.91. The Morgan fingerprint density at radius 2 is 1.40 bits per heavy atom. The van der Waals surface area contributed by atoms with Gasteiger partial charge in [-0.25, -0.2) is 9.59 Å². The van der Waals surface area contributed by atoms with Crippen LogP contribution in [0.4, 0.5) is 0 Å². The quantitative estimate of drug-likeness (QED) is 0.525. The number of esters is 2. The molecule has 5 heteroatoms. The van der Waals surface area contributed by atoms with Gasteiger partial charge >= 0.3 is 11.9 Å². The first-order valence-electron chi connectivity index (χ1n) is 5.26. The van der Waals surface area contributed by atoms with Gasteiger partial charge in [-0.1, -0.05) is 0 Å². The van der Waals surface area contributed by atoms with Crippen LogP contribution in [-0.4, -0.2) is 28.9 Å². The molecule has 0 unspecified atom stereocenters. The van der Waals surface area contributed by atoms with Gasteiger partial charge in [-0.05, 0) is 37.5 Å². The molecule has 0 aromatic carbocycles. The monoisotopic (exact) mass is 212 g/mol. The zero-order valence-corrected chi connectivity index (χ0v) is 8.14. The third-order valence-corrected chi connectivity index (χ3v) is 3.44. The lowest BCUT2D eigenvalue weighted by Crippen LogP contribution is -2.47. The van der Waals surface area contributed by atoms with Crippen molar-refractivity contribution >= 4 is 11.9 Å². The molecule has 2 aliphatic carbocycles. The molecule has 1 saturated heterocycles. The van der Waals surface area contributed by atoms with Gasteiger partial charge in [0.25, 0.3) is 6.29 Å². The molecule has 82 valence electrons. The van der Waals surface area contributed by atoms with Crippen molar-refractivity contribution in [3.05, 3.63) is 0 Å². The topological polar surface area (TPSA) is 72.8 Å². The summed E-state index contributed by atoms with van der Waals surface area (Å²) in [7, 11) is 0. The summed E-state index contributed by atoms with van der Waals surface area (Å²) in [6.07, 6.45) is 2.59. The molecule has 0 radical (unpaired) electrons. The number of cyclic esters (lactones) is 2. The van der Waals surface area contributed by atoms with Gasteiger partial charge in [-0.15, -0.1) is 0 Å². The normalized spacial score (nSPS) is 27.8. The SMILES string of the molecule is O=C1OC(C(O)(C2CC2)C2CC2)OC1=O. The first-order chi connectivity index (χ1) is 7.12. The first-order valence-corrected chi connectivity index (χ1v) is 5.26. The van der Waals surface area contributed by atoms with Crippen LogP contribution in [0.5, 0.6) is 0 Å². The Morgan fingerprint density at radius 1 is 1.00 bits per heavy atom. The summed E-state index contributed by atoms with van der Waals surface area (Å²) in [4.78, 5) is 21.8. The molecule has 0 spiro atoms. The number of carbonyl (C=O) groups is 2. The van der Waals surface area contributed by atoms with Gasteiger partial charge in [0.15, 0.2) is 0 Å². The molecule has 5 nitrogen and oxygen atoms in total. The first kappa shape index (κ1) is 9.15. The van der Waals surface area contributed by atoms with Crippen LogP contribution < -0.4 is 0 Å². The van der Waals surface area contributed by atoms with E-state index < -0.39 is 23.8 Å². The molecule has 0 amide bonds. The van der Waals surface area contributed by atoms with Crippen LogP contribution in [0.2, 0.25) is 0 Å². The molecular formula is C10H12O5. The number of aliphatic hydroxyl groups is 1. The smallest absolute Gasteiger partial charge is 0.413 e. The Bertz CT molecular complexity index is 301. The van der Waals surface area contributed by atoms with Crippen molar-refractivity contribution in [2.45, 2.75) is 37.6 Å². The molecule has 0 bridgehead atoms. The van der Waals surface area contributed by atoms with Crippen molar-refractivity contribution in [2.75, 3.05) is 0 Å². The average molecular weight is 212 g/mol. The van der Waals surface area contributed by atoms with Crippen molar-refractivity contribution in [1.82, 2.24) is 0 Å². The minimum Gasteiger partial charge on any atom is -0.413 e. The van der Waals surface area contributed by atoms with Crippen molar-refractivity contribution < 1.29 is 24.2 Å². The van der Waals surface area contributed by atoms with Crippen LogP contribution in [0.3, 0.4) is 0 Å². The summed E-state index contributed by atoms with van der Waals surface area (Å²) < 4.78 is 9.56. The van der Waals surface area contributed by atoms with Crippen molar-refractivity contribution in [1.29, 1.82) is 0 Å². The van der Waals surface area contributed by atoms with E-state index >= 15 is 0 Å². The van der Waals surface area contributed by atoms with E-state index in [4.69, 9.17) is 9.47 Å². The summed E-state index contributed by atoms with van der Waals surface area (Å²) >= 11 is 0. The molecule has 1 N–H and O–H groups in total. The molecule has 3 rings (SSSR count). The summed E-state index contributed by atoms with van der Waals surface area (Å²) in [6.45, 7) is 0. The van der Waals surface area contributed by atoms with Crippen molar-refractivity contribution in [3.8, 4) is 0 Å². The molecule has 1 aliphatic heterocycles. The molecule has 0 atom stereocenters. The van der Waals surface area contributed by atoms with Crippen molar-refractivity contribution in [3.63, 3.8) is 0 Å². The second-order valence-electron chi connectivity index (χ2n) is 4.58. The number of hydrogen-bond acceptors (Lipinski definition) is 5. The highest BCUT2D eigenvalue weighted by Crippen LogP contribution is 2.54. The van der Waals surface area contributed by atoms with E-state index in [-0.39, 0.29) is 11.8 Å². The molecule has 0 aromatic heterocycles. The zero-order chi connectivity index (χ0) is 10.6. The maximum absolute atomic E-state index is 10.9. The fourth-order valence-electron chi connectivity index (χ4n) is 2.31. The third-order valence-electron chi connectivity index (χ3n) is 3.44. The van der Waals surface area contributed by atoms with E-state index in [0.29, 0.717) is 0 Å². The standard InChI is InChI=1S/C10H12O5/c11-7-8(12)15-9(14-7)10(13,5-1-2-5)6-3-4-6/h5-6,9,13H,1-4H2. The van der Waals surface area contributed by atoms with E-state index in [9.17, 15) is 14.7 Å². The van der Waals surface area contributed by atoms with Crippen LogP contribution in [0.15, 0.2) is 0 Å². The lowest BCUT2D eigenvalue weighted by molar-refractivity contribution is -0.204. The summed E-state index contributed by atoms with van der Waals surface area (Å²) in [6, 6.07) is 0. The van der Waals surface area contributed by atoms with Gasteiger partial charge in [0, 0.05) is 0 Å². The van der Waals surface area contributed by atoms with Gasteiger partial charge in [0.05, 0.1) is 0 Å². The van der Waals surface area contributed by atoms with Crippen LogP contribution in [0, 0.1) is 11.8 Å². The lowest BCUT2D eigenvalue weighted by Gasteiger charge is -2.31. The Morgan fingerprint density at radius 3 is 1.73 bits per heavy atom. The predicted octanol–water partition coefficient (Wildman–Crippen LogP) is -0.0364. The van der Waals surface area contributed by atoms with Crippen LogP contribution in [-0.2, 0) is 19.1 Å². The van der Waals surface area contributed by atoms with Gasteiger partial charge in [0.2, 0.25) is 0 Å². The highest BCUT2D eigenvalue weighted by Gasteiger charge is 2.63. The summed E-state index contributed by atoms with van der Waals surface area (Å²) in [5.41, 5.74) is -1.12. The van der Waals surface area contributed by atoms with Gasteiger partial charge in [-0.2, -0.15) is 0 Å². The molecule has 15 heavy (non-hydrogen) atoms. The Balaban J connectivity index is 1.83. The Kier molecular flexibility index (Phi) is 1.66. The number of hydrogen-bond donors (Lipinski definition) is 1. The van der Waals surface area contributed by atoms with Crippen LogP contribution >= 0.6 is 0 Å². The largest absolute Gasteiger partial charge is 0.420 e. The van der Waals surface area contributed by atoms with Gasteiger partial charge in [-0.3, -0.25) is 0 Å². The van der Waals surface area contributed by atoms with E-state index in [0.717, 1.165) is 25.7 Å². The van der Waals surface area contributed by atoms with E-state index in [1.807, 2.05) is 0 Å². The van der Waals surface area contributed by atoms with Crippen LogP contribution in [0.25, 0.3) is 0 Å². The minimum atomic E-state index is -1.12. The maximum atomic E-state index is 10.9.